The minimum atomic E-state index is 0.810. The van der Waals surface area contributed by atoms with Crippen LogP contribution in [0.15, 0.2) is 35.6 Å². The van der Waals surface area contributed by atoms with Gasteiger partial charge in [0.05, 0.1) is 17.6 Å². The Labute approximate surface area is 110 Å². The summed E-state index contributed by atoms with van der Waals surface area (Å²) in [5, 5.41) is 4.44. The lowest BCUT2D eigenvalue weighted by atomic mass is 10.2. The molecule has 0 fully saturated rings. The summed E-state index contributed by atoms with van der Waals surface area (Å²) in [5.41, 5.74) is 4.08. The molecule has 2 aromatic heterocycles. The Bertz CT molecular complexity index is 815. The van der Waals surface area contributed by atoms with E-state index in [1.165, 1.54) is 0 Å². The van der Waals surface area contributed by atoms with E-state index in [4.69, 9.17) is 0 Å². The highest BCUT2D eigenvalue weighted by Crippen LogP contribution is 2.27. The lowest BCUT2D eigenvalue weighted by molar-refractivity contribution is 0.955. The summed E-state index contributed by atoms with van der Waals surface area (Å²) in [6, 6.07) is 8.28. The minimum absolute atomic E-state index is 0.810. The minimum Gasteiger partial charge on any atom is -0.367 e. The summed E-state index contributed by atoms with van der Waals surface area (Å²) >= 11 is 0. The Morgan fingerprint density at radius 3 is 2.95 bits per heavy atom. The third-order valence-electron chi connectivity index (χ3n) is 3.58. The zero-order valence-electron chi connectivity index (χ0n) is 10.6. The van der Waals surface area contributed by atoms with Gasteiger partial charge in [-0.25, -0.2) is 9.97 Å². The van der Waals surface area contributed by atoms with Crippen molar-refractivity contribution in [2.75, 3.05) is 13.1 Å². The maximum Gasteiger partial charge on any atom is 0.149 e. The Hall–Kier alpha value is -2.43. The van der Waals surface area contributed by atoms with Crippen LogP contribution in [0, 0.1) is 0 Å². The Morgan fingerprint density at radius 1 is 1.21 bits per heavy atom. The smallest absolute Gasteiger partial charge is 0.149 e. The topological polar surface area (TPSA) is 55.1 Å². The maximum absolute atomic E-state index is 4.47. The van der Waals surface area contributed by atoms with E-state index in [1.807, 2.05) is 19.2 Å². The van der Waals surface area contributed by atoms with Crippen molar-refractivity contribution in [1.29, 1.82) is 0 Å². The van der Waals surface area contributed by atoms with Gasteiger partial charge in [-0.1, -0.05) is 18.2 Å². The molecule has 1 aromatic carbocycles. The number of amidine groups is 1. The predicted molar refractivity (Wildman–Crippen MR) is 75.4 cm³/mol. The fourth-order valence-corrected chi connectivity index (χ4v) is 2.71. The fourth-order valence-electron chi connectivity index (χ4n) is 2.71. The predicted octanol–water partition coefficient (Wildman–Crippen LogP) is 1.47. The highest BCUT2D eigenvalue weighted by Gasteiger charge is 2.18. The van der Waals surface area contributed by atoms with Crippen LogP contribution in [-0.2, 0) is 7.05 Å². The van der Waals surface area contributed by atoms with Gasteiger partial charge in [-0.15, -0.1) is 0 Å². The third kappa shape index (κ3) is 1.38. The van der Waals surface area contributed by atoms with Crippen molar-refractivity contribution in [1.82, 2.24) is 19.9 Å². The van der Waals surface area contributed by atoms with Gasteiger partial charge in [-0.2, -0.15) is 0 Å². The van der Waals surface area contributed by atoms with Crippen LogP contribution in [0.25, 0.3) is 21.9 Å². The number of benzene rings is 1. The average molecular weight is 251 g/mol. The summed E-state index contributed by atoms with van der Waals surface area (Å²) in [4.78, 5) is 13.3. The quantitative estimate of drug-likeness (QED) is 0.712. The molecule has 0 spiro atoms. The van der Waals surface area contributed by atoms with Crippen LogP contribution in [-0.4, -0.2) is 33.5 Å². The van der Waals surface area contributed by atoms with Gasteiger partial charge in [0.2, 0.25) is 0 Å². The van der Waals surface area contributed by atoms with Gasteiger partial charge in [0.15, 0.2) is 0 Å². The number of para-hydroxylation sites is 1. The van der Waals surface area contributed by atoms with E-state index in [-0.39, 0.29) is 0 Å². The molecule has 3 heterocycles. The Kier molecular flexibility index (Phi) is 2.09. The average Bonchev–Trinajstić information content (AvgIpc) is 3.08. The Morgan fingerprint density at radius 2 is 2.11 bits per heavy atom. The van der Waals surface area contributed by atoms with Crippen LogP contribution in [0.3, 0.4) is 0 Å². The van der Waals surface area contributed by atoms with Gasteiger partial charge >= 0.3 is 0 Å². The molecule has 0 radical (unpaired) electrons. The van der Waals surface area contributed by atoms with E-state index in [0.717, 1.165) is 46.6 Å². The highest BCUT2D eigenvalue weighted by atomic mass is 15.1. The van der Waals surface area contributed by atoms with Crippen molar-refractivity contribution >= 4 is 27.8 Å². The van der Waals surface area contributed by atoms with Crippen LogP contribution in [0.1, 0.15) is 5.69 Å². The molecule has 1 N–H and O–H groups in total. The van der Waals surface area contributed by atoms with Crippen molar-refractivity contribution in [2.24, 2.45) is 12.0 Å². The van der Waals surface area contributed by atoms with Gasteiger partial charge in [0.1, 0.15) is 23.4 Å². The third-order valence-corrected chi connectivity index (χ3v) is 3.58. The molecule has 0 unspecified atom stereocenters. The van der Waals surface area contributed by atoms with Crippen molar-refractivity contribution in [3.05, 3.63) is 36.3 Å². The molecule has 1 aliphatic heterocycles. The SMILES string of the molecule is Cn1c2ccccc2c2ncnc(C3=NCCN3)c21. The maximum atomic E-state index is 4.47. The van der Waals surface area contributed by atoms with Gasteiger partial charge in [-0.3, -0.25) is 4.99 Å². The molecule has 0 atom stereocenters. The number of rotatable bonds is 1. The molecule has 3 aromatic rings. The molecule has 5 heteroatoms. The second-order valence-electron chi connectivity index (χ2n) is 4.65. The second kappa shape index (κ2) is 3.78. The molecule has 0 aliphatic carbocycles. The van der Waals surface area contributed by atoms with Crippen LogP contribution < -0.4 is 5.32 Å². The summed E-state index contributed by atoms with van der Waals surface area (Å²) in [5.74, 6) is 0.873. The molecule has 1 aliphatic rings. The standard InChI is InChI=1S/C14H13N5/c1-19-10-5-3-2-4-9(10)11-13(19)12(18-8-17-11)14-15-6-7-16-14/h2-5,8H,6-7H2,1H3,(H,15,16). The number of hydrogen-bond acceptors (Lipinski definition) is 4. The van der Waals surface area contributed by atoms with E-state index in [2.05, 4.69) is 37.0 Å². The molecule has 0 amide bonds. The van der Waals surface area contributed by atoms with E-state index in [9.17, 15) is 0 Å². The molecule has 0 bridgehead atoms. The highest BCUT2D eigenvalue weighted by molar-refractivity contribution is 6.14. The van der Waals surface area contributed by atoms with E-state index in [0.29, 0.717) is 0 Å². The number of fused-ring (bicyclic) bond motifs is 3. The van der Waals surface area contributed by atoms with E-state index < -0.39 is 0 Å². The number of hydrogen-bond donors (Lipinski definition) is 1. The van der Waals surface area contributed by atoms with Crippen molar-refractivity contribution in [3.8, 4) is 0 Å². The molecule has 0 saturated heterocycles. The first-order chi connectivity index (χ1) is 9.36. The second-order valence-corrected chi connectivity index (χ2v) is 4.65. The first-order valence-electron chi connectivity index (χ1n) is 6.33. The fraction of sp³-hybridized carbons (Fsp3) is 0.214. The summed E-state index contributed by atoms with van der Waals surface area (Å²) in [6.45, 7) is 1.69. The Balaban J connectivity index is 2.16. The monoisotopic (exact) mass is 251 g/mol. The zero-order valence-corrected chi connectivity index (χ0v) is 10.6. The number of nitrogens with one attached hydrogen (secondary N) is 1. The van der Waals surface area contributed by atoms with Crippen LogP contribution in [0.4, 0.5) is 0 Å². The van der Waals surface area contributed by atoms with Gasteiger partial charge in [0, 0.05) is 19.0 Å². The van der Waals surface area contributed by atoms with Crippen molar-refractivity contribution in [2.45, 2.75) is 0 Å². The molecule has 4 rings (SSSR count). The summed E-state index contributed by atoms with van der Waals surface area (Å²) in [7, 11) is 2.05. The van der Waals surface area contributed by atoms with E-state index >= 15 is 0 Å². The number of aromatic nitrogens is 3. The van der Waals surface area contributed by atoms with Crippen LogP contribution >= 0.6 is 0 Å². The number of aliphatic imine (C=N–C) groups is 1. The number of nitrogens with zero attached hydrogens (tertiary/aromatic N) is 4. The first-order valence-corrected chi connectivity index (χ1v) is 6.33. The summed E-state index contributed by atoms with van der Waals surface area (Å²) < 4.78 is 2.14. The normalized spacial score (nSPS) is 14.9. The lowest BCUT2D eigenvalue weighted by Crippen LogP contribution is -2.21. The van der Waals surface area contributed by atoms with Crippen molar-refractivity contribution < 1.29 is 0 Å². The molecular weight excluding hydrogens is 238 g/mol. The largest absolute Gasteiger partial charge is 0.367 e. The molecular formula is C14H13N5. The van der Waals surface area contributed by atoms with Gasteiger partial charge < -0.3 is 9.88 Å². The molecule has 94 valence electrons. The van der Waals surface area contributed by atoms with Gasteiger partial charge in [0.25, 0.3) is 0 Å². The number of aryl methyl sites for hydroxylation is 1. The van der Waals surface area contributed by atoms with Crippen LogP contribution in [0.2, 0.25) is 0 Å². The van der Waals surface area contributed by atoms with Crippen molar-refractivity contribution in [3.63, 3.8) is 0 Å². The first kappa shape index (κ1) is 10.5. The summed E-state index contributed by atoms with van der Waals surface area (Å²) in [6.07, 6.45) is 1.62. The molecule has 0 saturated carbocycles. The lowest BCUT2D eigenvalue weighted by Gasteiger charge is -2.05. The molecule has 5 nitrogen and oxygen atoms in total. The van der Waals surface area contributed by atoms with Gasteiger partial charge in [-0.05, 0) is 6.07 Å². The zero-order chi connectivity index (χ0) is 12.8. The van der Waals surface area contributed by atoms with E-state index in [1.54, 1.807) is 6.33 Å². The molecule has 19 heavy (non-hydrogen) atoms. The van der Waals surface area contributed by atoms with Crippen LogP contribution in [0.5, 0.6) is 0 Å².